The molecule has 2 rings (SSSR count). The van der Waals surface area contributed by atoms with E-state index in [2.05, 4.69) is 18.7 Å². The maximum absolute atomic E-state index is 11.6. The van der Waals surface area contributed by atoms with E-state index in [9.17, 15) is 4.79 Å². The van der Waals surface area contributed by atoms with E-state index < -0.39 is 0 Å². The smallest absolute Gasteiger partial charge is 0.155 e. The Balaban J connectivity index is 2.01. The first-order valence-corrected chi connectivity index (χ1v) is 7.72. The third-order valence-electron chi connectivity index (χ3n) is 4.47. The predicted octanol–water partition coefficient (Wildman–Crippen LogP) is 3.57. The van der Waals surface area contributed by atoms with Crippen molar-refractivity contribution in [3.05, 3.63) is 11.6 Å². The summed E-state index contributed by atoms with van der Waals surface area (Å²) < 4.78 is 0. The minimum absolute atomic E-state index is 0.361. The van der Waals surface area contributed by atoms with E-state index in [0.717, 1.165) is 25.2 Å². The molecule has 1 fully saturated rings. The average Bonchev–Trinajstić information content (AvgIpc) is 2.37. The van der Waals surface area contributed by atoms with Gasteiger partial charge in [-0.2, -0.15) is 0 Å². The summed E-state index contributed by atoms with van der Waals surface area (Å²) in [5.41, 5.74) is 1.46. The highest BCUT2D eigenvalue weighted by molar-refractivity contribution is 5.91. The molecule has 0 aliphatic heterocycles. The van der Waals surface area contributed by atoms with Gasteiger partial charge in [0.05, 0.1) is 0 Å². The fourth-order valence-electron chi connectivity index (χ4n) is 3.58. The van der Waals surface area contributed by atoms with Crippen LogP contribution in [0.1, 0.15) is 58.8 Å². The minimum atomic E-state index is 0.361. The van der Waals surface area contributed by atoms with Gasteiger partial charge in [-0.25, -0.2) is 0 Å². The van der Waals surface area contributed by atoms with E-state index in [0.29, 0.717) is 11.8 Å². The second-order valence-corrected chi connectivity index (χ2v) is 5.89. The number of hydrogen-bond donors (Lipinski definition) is 0. The van der Waals surface area contributed by atoms with Gasteiger partial charge in [-0.15, -0.1) is 0 Å². The van der Waals surface area contributed by atoms with Crippen molar-refractivity contribution in [1.82, 2.24) is 4.90 Å². The van der Waals surface area contributed by atoms with Crippen molar-refractivity contribution in [3.63, 3.8) is 0 Å². The summed E-state index contributed by atoms with van der Waals surface area (Å²) >= 11 is 0. The molecule has 0 amide bonds. The highest BCUT2D eigenvalue weighted by Gasteiger charge is 2.31. The molecule has 0 bridgehead atoms. The van der Waals surface area contributed by atoms with Crippen LogP contribution in [0.2, 0.25) is 0 Å². The molecule has 0 aromatic heterocycles. The van der Waals surface area contributed by atoms with Crippen LogP contribution in [0.4, 0.5) is 0 Å². The molecule has 2 atom stereocenters. The molecule has 0 spiro atoms. The van der Waals surface area contributed by atoms with Crippen molar-refractivity contribution in [2.45, 2.75) is 64.8 Å². The molecule has 0 N–H and O–H groups in total. The number of allylic oxidation sites excluding steroid dienone is 1. The Labute approximate surface area is 111 Å². The lowest BCUT2D eigenvalue weighted by Gasteiger charge is -2.39. The number of ketones is 1. The second-order valence-electron chi connectivity index (χ2n) is 5.89. The molecular weight excluding hydrogens is 222 g/mol. The van der Waals surface area contributed by atoms with Crippen LogP contribution in [0.25, 0.3) is 0 Å². The number of nitrogens with zero attached hydrogens (tertiary/aromatic N) is 1. The molecule has 0 unspecified atom stereocenters. The summed E-state index contributed by atoms with van der Waals surface area (Å²) in [5, 5.41) is 0. The zero-order valence-electron chi connectivity index (χ0n) is 12.0. The van der Waals surface area contributed by atoms with Gasteiger partial charge in [0.2, 0.25) is 0 Å². The number of carbonyl (C=O) groups excluding carboxylic acids is 1. The average molecular weight is 249 g/mol. The molecule has 0 aromatic rings. The van der Waals surface area contributed by atoms with E-state index >= 15 is 0 Å². The molecule has 1 saturated carbocycles. The molecular formula is C16H27NO. The summed E-state index contributed by atoms with van der Waals surface area (Å²) in [4.78, 5) is 14.2. The third-order valence-corrected chi connectivity index (χ3v) is 4.47. The number of rotatable bonds is 5. The van der Waals surface area contributed by atoms with Crippen LogP contribution >= 0.6 is 0 Å². The number of hydrogen-bond acceptors (Lipinski definition) is 2. The molecule has 2 aliphatic rings. The SMILES string of the molecule is CCCN(CCC)[C@@H]1CC[C@@H]2CCC(=O)C=C2C1. The van der Waals surface area contributed by atoms with Gasteiger partial charge in [-0.1, -0.05) is 19.4 Å². The lowest BCUT2D eigenvalue weighted by Crippen LogP contribution is -2.40. The summed E-state index contributed by atoms with van der Waals surface area (Å²) in [6.45, 7) is 6.95. The summed E-state index contributed by atoms with van der Waals surface area (Å²) in [6.07, 6.45) is 10.1. The molecule has 18 heavy (non-hydrogen) atoms. The summed E-state index contributed by atoms with van der Waals surface area (Å²) in [6, 6.07) is 0.693. The molecule has 2 heteroatoms. The Morgan fingerprint density at radius 3 is 2.56 bits per heavy atom. The molecule has 0 heterocycles. The van der Waals surface area contributed by atoms with Crippen LogP contribution < -0.4 is 0 Å². The lowest BCUT2D eigenvalue weighted by atomic mass is 9.75. The Kier molecular flexibility index (Phi) is 4.99. The highest BCUT2D eigenvalue weighted by atomic mass is 16.1. The quantitative estimate of drug-likeness (QED) is 0.742. The van der Waals surface area contributed by atoms with Crippen molar-refractivity contribution >= 4 is 5.78 Å². The van der Waals surface area contributed by atoms with Gasteiger partial charge in [-0.3, -0.25) is 4.79 Å². The first-order valence-electron chi connectivity index (χ1n) is 7.72. The Bertz CT molecular complexity index is 315. The standard InChI is InChI=1S/C16H27NO/c1-3-9-17(10-4-2)15-7-5-13-6-8-16(18)12-14(13)11-15/h12-13,15H,3-11H2,1-2H3/t13-,15-/m1/s1. The molecule has 0 aromatic carbocycles. The zero-order chi connectivity index (χ0) is 13.0. The predicted molar refractivity (Wildman–Crippen MR) is 75.6 cm³/mol. The molecule has 2 nitrogen and oxygen atoms in total. The van der Waals surface area contributed by atoms with Crippen LogP contribution in [0.15, 0.2) is 11.6 Å². The first kappa shape index (κ1) is 13.8. The zero-order valence-corrected chi connectivity index (χ0v) is 12.0. The third kappa shape index (κ3) is 3.23. The van der Waals surface area contributed by atoms with Crippen molar-refractivity contribution in [2.75, 3.05) is 13.1 Å². The van der Waals surface area contributed by atoms with Crippen LogP contribution in [0.3, 0.4) is 0 Å². The second kappa shape index (κ2) is 6.51. The summed E-state index contributed by atoms with van der Waals surface area (Å²) in [7, 11) is 0. The molecule has 0 radical (unpaired) electrons. The van der Waals surface area contributed by atoms with Gasteiger partial charge < -0.3 is 4.90 Å². The molecule has 102 valence electrons. The van der Waals surface area contributed by atoms with E-state index in [1.165, 1.54) is 44.3 Å². The van der Waals surface area contributed by atoms with Crippen molar-refractivity contribution in [3.8, 4) is 0 Å². The highest BCUT2D eigenvalue weighted by Crippen LogP contribution is 2.37. The first-order chi connectivity index (χ1) is 8.74. The van der Waals surface area contributed by atoms with Crippen molar-refractivity contribution in [2.24, 2.45) is 5.92 Å². The summed E-state index contributed by atoms with van der Waals surface area (Å²) in [5.74, 6) is 1.09. The number of fused-ring (bicyclic) bond motifs is 1. The fraction of sp³-hybridized carbons (Fsp3) is 0.812. The molecule has 0 saturated heterocycles. The van der Waals surface area contributed by atoms with Gasteiger partial charge in [0.25, 0.3) is 0 Å². The van der Waals surface area contributed by atoms with Crippen LogP contribution in [-0.4, -0.2) is 29.8 Å². The Morgan fingerprint density at radius 2 is 1.89 bits per heavy atom. The van der Waals surface area contributed by atoms with Crippen LogP contribution in [-0.2, 0) is 4.79 Å². The van der Waals surface area contributed by atoms with E-state index in [1.807, 2.05) is 6.08 Å². The van der Waals surface area contributed by atoms with Crippen molar-refractivity contribution < 1.29 is 4.79 Å². The van der Waals surface area contributed by atoms with E-state index in [1.54, 1.807) is 0 Å². The van der Waals surface area contributed by atoms with Gasteiger partial charge in [0.1, 0.15) is 0 Å². The Hall–Kier alpha value is -0.630. The van der Waals surface area contributed by atoms with Gasteiger partial charge in [0.15, 0.2) is 5.78 Å². The van der Waals surface area contributed by atoms with Gasteiger partial charge >= 0.3 is 0 Å². The van der Waals surface area contributed by atoms with Gasteiger partial charge in [0, 0.05) is 12.5 Å². The van der Waals surface area contributed by atoms with E-state index in [-0.39, 0.29) is 0 Å². The van der Waals surface area contributed by atoms with Crippen molar-refractivity contribution in [1.29, 1.82) is 0 Å². The minimum Gasteiger partial charge on any atom is -0.300 e. The van der Waals surface area contributed by atoms with E-state index in [4.69, 9.17) is 0 Å². The Morgan fingerprint density at radius 1 is 1.17 bits per heavy atom. The van der Waals surface area contributed by atoms with Gasteiger partial charge in [-0.05, 0) is 63.6 Å². The number of carbonyl (C=O) groups is 1. The molecule has 2 aliphatic carbocycles. The topological polar surface area (TPSA) is 20.3 Å². The normalized spacial score (nSPS) is 28.2. The monoisotopic (exact) mass is 249 g/mol. The lowest BCUT2D eigenvalue weighted by molar-refractivity contribution is -0.115. The van der Waals surface area contributed by atoms with Crippen LogP contribution in [0, 0.1) is 5.92 Å². The van der Waals surface area contributed by atoms with Crippen LogP contribution in [0.5, 0.6) is 0 Å². The fourth-order valence-corrected chi connectivity index (χ4v) is 3.58. The largest absolute Gasteiger partial charge is 0.300 e. The maximum atomic E-state index is 11.6. The maximum Gasteiger partial charge on any atom is 0.155 e.